The summed E-state index contributed by atoms with van der Waals surface area (Å²) in [6, 6.07) is 3.03. The van der Waals surface area contributed by atoms with Crippen molar-refractivity contribution >= 4 is 28.8 Å². The number of aromatic nitrogens is 2. The Morgan fingerprint density at radius 2 is 2.23 bits per heavy atom. The quantitative estimate of drug-likeness (QED) is 0.341. The molecule has 1 saturated carbocycles. The first-order valence-electron chi connectivity index (χ1n) is 9.64. The van der Waals surface area contributed by atoms with Crippen molar-refractivity contribution in [2.24, 2.45) is 10.7 Å². The standard InChI is InChI=1S/C21H25FN6OS/c1-3-15(19-26-12-16(30-19)11-25-14(2)29)10-27-20(23)28-13-21(7-5-8-21)18-17(22)6-4-9-24-18/h3-4,6,9-10,12H,1,5,7-8,11,13H2,2H3,(H,25,29)(H3,23,27,28)/b15-10+. The highest BCUT2D eigenvalue weighted by molar-refractivity contribution is 7.12. The van der Waals surface area contributed by atoms with Gasteiger partial charge in [-0.2, -0.15) is 0 Å². The highest BCUT2D eigenvalue weighted by Gasteiger charge is 2.41. The van der Waals surface area contributed by atoms with E-state index >= 15 is 0 Å². The predicted octanol–water partition coefficient (Wildman–Crippen LogP) is 2.87. The van der Waals surface area contributed by atoms with E-state index in [2.05, 4.69) is 32.2 Å². The third kappa shape index (κ3) is 5.10. The SMILES string of the molecule is C=C/C(=C\N=C(/N)NCC1(c2ncccc2F)CCC1)c1ncc(CNC(C)=O)s1. The van der Waals surface area contributed by atoms with Crippen molar-refractivity contribution in [1.29, 1.82) is 0 Å². The zero-order valence-corrected chi connectivity index (χ0v) is 17.6. The van der Waals surface area contributed by atoms with Crippen LogP contribution in [0.3, 0.4) is 0 Å². The van der Waals surface area contributed by atoms with Crippen molar-refractivity contribution in [2.75, 3.05) is 6.54 Å². The summed E-state index contributed by atoms with van der Waals surface area (Å²) in [6.45, 7) is 6.16. The van der Waals surface area contributed by atoms with Gasteiger partial charge >= 0.3 is 0 Å². The molecule has 1 fully saturated rings. The Morgan fingerprint density at radius 3 is 2.87 bits per heavy atom. The van der Waals surface area contributed by atoms with Gasteiger partial charge in [0, 0.05) is 47.9 Å². The number of thiazole rings is 1. The minimum atomic E-state index is -0.357. The van der Waals surface area contributed by atoms with Gasteiger partial charge in [0.2, 0.25) is 5.91 Å². The van der Waals surface area contributed by atoms with Crippen LogP contribution < -0.4 is 16.4 Å². The van der Waals surface area contributed by atoms with E-state index in [-0.39, 0.29) is 23.1 Å². The molecule has 0 aliphatic heterocycles. The van der Waals surface area contributed by atoms with E-state index in [0.717, 1.165) is 29.1 Å². The van der Waals surface area contributed by atoms with Gasteiger partial charge in [-0.05, 0) is 25.0 Å². The molecule has 1 aliphatic rings. The van der Waals surface area contributed by atoms with Crippen molar-refractivity contribution < 1.29 is 9.18 Å². The molecule has 0 aromatic carbocycles. The van der Waals surface area contributed by atoms with E-state index in [1.165, 1.54) is 24.3 Å². The molecule has 158 valence electrons. The van der Waals surface area contributed by atoms with Crippen molar-refractivity contribution in [3.63, 3.8) is 0 Å². The van der Waals surface area contributed by atoms with Gasteiger partial charge in [-0.3, -0.25) is 9.78 Å². The molecular formula is C21H25FN6OS. The molecule has 3 rings (SSSR count). The number of guanidine groups is 1. The number of allylic oxidation sites excluding steroid dienone is 2. The minimum absolute atomic E-state index is 0.0947. The highest BCUT2D eigenvalue weighted by atomic mass is 32.1. The van der Waals surface area contributed by atoms with E-state index in [9.17, 15) is 9.18 Å². The first-order chi connectivity index (χ1) is 14.4. The number of nitrogens with two attached hydrogens (primary N) is 1. The molecule has 1 aliphatic carbocycles. The Morgan fingerprint density at radius 1 is 1.43 bits per heavy atom. The number of halogens is 1. The smallest absolute Gasteiger partial charge is 0.217 e. The highest BCUT2D eigenvalue weighted by Crippen LogP contribution is 2.43. The summed E-state index contributed by atoms with van der Waals surface area (Å²) in [5.41, 5.74) is 6.86. The van der Waals surface area contributed by atoms with Crippen LogP contribution in [0.15, 0.2) is 48.4 Å². The monoisotopic (exact) mass is 428 g/mol. The number of nitrogens with zero attached hydrogens (tertiary/aromatic N) is 3. The van der Waals surface area contributed by atoms with Gasteiger partial charge in [0.15, 0.2) is 5.96 Å². The number of amides is 1. The van der Waals surface area contributed by atoms with Crippen LogP contribution in [-0.4, -0.2) is 28.4 Å². The van der Waals surface area contributed by atoms with Crippen molar-refractivity contribution in [3.05, 3.63) is 64.8 Å². The van der Waals surface area contributed by atoms with Gasteiger partial charge in [-0.15, -0.1) is 11.3 Å². The number of carbonyl (C=O) groups excluding carboxylic acids is 1. The molecule has 30 heavy (non-hydrogen) atoms. The summed E-state index contributed by atoms with van der Waals surface area (Å²) in [6.07, 6.45) is 9.29. The van der Waals surface area contributed by atoms with E-state index < -0.39 is 0 Å². The van der Waals surface area contributed by atoms with E-state index in [1.807, 2.05) is 0 Å². The van der Waals surface area contributed by atoms with Crippen LogP contribution >= 0.6 is 11.3 Å². The largest absolute Gasteiger partial charge is 0.370 e. The van der Waals surface area contributed by atoms with Crippen molar-refractivity contribution in [3.8, 4) is 0 Å². The number of hydrogen-bond donors (Lipinski definition) is 3. The molecule has 2 aromatic rings. The number of hydrogen-bond acceptors (Lipinski definition) is 5. The fourth-order valence-corrected chi connectivity index (χ4v) is 4.11. The van der Waals surface area contributed by atoms with Gasteiger partial charge in [0.25, 0.3) is 0 Å². The van der Waals surface area contributed by atoms with Gasteiger partial charge in [0.05, 0.1) is 12.2 Å². The fourth-order valence-electron chi connectivity index (χ4n) is 3.25. The third-order valence-corrected chi connectivity index (χ3v) is 6.10. The van der Waals surface area contributed by atoms with Gasteiger partial charge in [-0.1, -0.05) is 19.1 Å². The van der Waals surface area contributed by atoms with Crippen LogP contribution in [0.1, 0.15) is 41.8 Å². The van der Waals surface area contributed by atoms with Gasteiger partial charge in [-0.25, -0.2) is 14.4 Å². The maximum Gasteiger partial charge on any atom is 0.217 e. The van der Waals surface area contributed by atoms with E-state index in [4.69, 9.17) is 5.73 Å². The minimum Gasteiger partial charge on any atom is -0.370 e. The fraction of sp³-hybridized carbons (Fsp3) is 0.333. The Hall–Kier alpha value is -3.07. The number of carbonyl (C=O) groups is 1. The molecule has 0 atom stereocenters. The van der Waals surface area contributed by atoms with Crippen molar-refractivity contribution in [2.45, 2.75) is 38.1 Å². The van der Waals surface area contributed by atoms with Gasteiger partial charge < -0.3 is 16.4 Å². The second kappa shape index (κ2) is 9.62. The van der Waals surface area contributed by atoms with Crippen LogP contribution in [0.25, 0.3) is 5.57 Å². The average molecular weight is 429 g/mol. The zero-order valence-electron chi connectivity index (χ0n) is 16.8. The zero-order chi connectivity index (χ0) is 21.6. The Bertz CT molecular complexity index is 979. The van der Waals surface area contributed by atoms with E-state index in [0.29, 0.717) is 24.4 Å². The molecule has 0 bridgehead atoms. The van der Waals surface area contributed by atoms with Crippen LogP contribution in [0.2, 0.25) is 0 Å². The topological polar surface area (TPSA) is 105 Å². The molecule has 2 heterocycles. The average Bonchev–Trinajstić information content (AvgIpc) is 3.16. The van der Waals surface area contributed by atoms with Crippen LogP contribution in [0.5, 0.6) is 0 Å². The Kier molecular flexibility index (Phi) is 6.94. The summed E-state index contributed by atoms with van der Waals surface area (Å²) in [4.78, 5) is 24.8. The molecule has 7 nitrogen and oxygen atoms in total. The Balaban J connectivity index is 1.65. The van der Waals surface area contributed by atoms with Crippen LogP contribution in [0, 0.1) is 5.82 Å². The summed E-state index contributed by atoms with van der Waals surface area (Å²) < 4.78 is 14.2. The molecule has 4 N–H and O–H groups in total. The maximum atomic E-state index is 14.2. The lowest BCUT2D eigenvalue weighted by molar-refractivity contribution is -0.119. The Labute approximate surface area is 179 Å². The first kappa shape index (κ1) is 21.6. The van der Waals surface area contributed by atoms with Crippen LogP contribution in [0.4, 0.5) is 4.39 Å². The number of aliphatic imine (C=N–C) groups is 1. The maximum absolute atomic E-state index is 14.2. The third-order valence-electron chi connectivity index (χ3n) is 5.05. The lowest BCUT2D eigenvalue weighted by atomic mass is 9.66. The molecule has 9 heteroatoms. The normalized spacial score (nSPS) is 15.9. The second-order valence-electron chi connectivity index (χ2n) is 7.17. The number of nitrogens with one attached hydrogen (secondary N) is 2. The summed E-state index contributed by atoms with van der Waals surface area (Å²) in [5, 5.41) is 6.57. The molecule has 2 aromatic heterocycles. The lowest BCUT2D eigenvalue weighted by Gasteiger charge is -2.41. The van der Waals surface area contributed by atoms with Gasteiger partial charge in [0.1, 0.15) is 10.8 Å². The molecule has 0 radical (unpaired) electrons. The predicted molar refractivity (Wildman–Crippen MR) is 117 cm³/mol. The molecule has 0 unspecified atom stereocenters. The molecule has 1 amide bonds. The summed E-state index contributed by atoms with van der Waals surface area (Å²) in [7, 11) is 0. The number of rotatable bonds is 8. The molecular weight excluding hydrogens is 403 g/mol. The number of pyridine rings is 1. The van der Waals surface area contributed by atoms with Crippen LogP contribution in [-0.2, 0) is 16.8 Å². The van der Waals surface area contributed by atoms with Crippen molar-refractivity contribution in [1.82, 2.24) is 20.6 Å². The first-order valence-corrected chi connectivity index (χ1v) is 10.5. The molecule has 0 spiro atoms. The molecule has 0 saturated heterocycles. The van der Waals surface area contributed by atoms with E-state index in [1.54, 1.807) is 30.7 Å². The summed E-state index contributed by atoms with van der Waals surface area (Å²) >= 11 is 1.44. The summed E-state index contributed by atoms with van der Waals surface area (Å²) in [5.74, 6) is -0.156. The second-order valence-corrected chi connectivity index (χ2v) is 8.28. The lowest BCUT2D eigenvalue weighted by Crippen LogP contribution is -2.48.